The minimum Gasteiger partial charge on any atom is -0.359 e. The molecule has 1 saturated heterocycles. The highest BCUT2D eigenvalue weighted by atomic mass is 35.5. The summed E-state index contributed by atoms with van der Waals surface area (Å²) in [6.07, 6.45) is 0. The maximum absolute atomic E-state index is 12.6. The Morgan fingerprint density at radius 3 is 2.56 bits per heavy atom. The van der Waals surface area contributed by atoms with E-state index in [4.69, 9.17) is 11.6 Å². The Kier molecular flexibility index (Phi) is 5.61. The monoisotopic (exact) mass is 358 g/mol. The van der Waals surface area contributed by atoms with Crippen LogP contribution in [0.5, 0.6) is 0 Å². The van der Waals surface area contributed by atoms with Crippen LogP contribution in [0.1, 0.15) is 12.5 Å². The molecule has 0 aromatic heterocycles. The van der Waals surface area contributed by atoms with E-state index in [1.807, 2.05) is 56.3 Å². The minimum absolute atomic E-state index is 0.0751. The molecule has 1 atom stereocenters. The number of nitrogens with zero attached hydrogens (tertiary/aromatic N) is 1. The second-order valence-electron chi connectivity index (χ2n) is 6.68. The first kappa shape index (κ1) is 17.8. The highest BCUT2D eigenvalue weighted by Gasteiger charge is 2.29. The summed E-state index contributed by atoms with van der Waals surface area (Å²) in [6, 6.07) is 15.8. The normalized spacial score (nSPS) is 16.5. The number of para-hydroxylation sites is 1. The molecule has 0 unspecified atom stereocenters. The molecule has 132 valence electrons. The fraction of sp³-hybridized carbons (Fsp3) is 0.350. The number of hydrogen-bond donors (Lipinski definition) is 2. The predicted molar refractivity (Wildman–Crippen MR) is 104 cm³/mol. The Balaban J connectivity index is 1.57. The molecule has 25 heavy (non-hydrogen) atoms. The summed E-state index contributed by atoms with van der Waals surface area (Å²) in [6.45, 7) is 7.69. The summed E-state index contributed by atoms with van der Waals surface area (Å²) in [5, 5.41) is 3.83. The molecule has 5 heteroatoms. The third kappa shape index (κ3) is 4.33. The van der Waals surface area contributed by atoms with Crippen LogP contribution in [-0.2, 0) is 4.79 Å². The first-order chi connectivity index (χ1) is 12.0. The lowest BCUT2D eigenvalue weighted by atomic mass is 10.1. The number of amides is 1. The van der Waals surface area contributed by atoms with Gasteiger partial charge in [0.05, 0.1) is 36.9 Å². The van der Waals surface area contributed by atoms with Gasteiger partial charge in [-0.05, 0) is 43.7 Å². The lowest BCUT2D eigenvalue weighted by molar-refractivity contribution is -0.914. The van der Waals surface area contributed by atoms with Crippen LogP contribution in [0.3, 0.4) is 0 Å². The molecule has 1 aliphatic rings. The number of nitrogens with one attached hydrogen (secondary N) is 2. The molecule has 4 nitrogen and oxygen atoms in total. The third-order valence-corrected chi connectivity index (χ3v) is 5.21. The van der Waals surface area contributed by atoms with Gasteiger partial charge in [0.25, 0.3) is 5.91 Å². The van der Waals surface area contributed by atoms with Gasteiger partial charge in [0.1, 0.15) is 0 Å². The first-order valence-electron chi connectivity index (χ1n) is 8.76. The number of rotatable bonds is 4. The van der Waals surface area contributed by atoms with E-state index < -0.39 is 0 Å². The van der Waals surface area contributed by atoms with E-state index in [0.717, 1.165) is 48.1 Å². The van der Waals surface area contributed by atoms with Gasteiger partial charge in [-0.15, -0.1) is 0 Å². The highest BCUT2D eigenvalue weighted by molar-refractivity contribution is 6.33. The maximum Gasteiger partial charge on any atom is 0.282 e. The fourth-order valence-corrected chi connectivity index (χ4v) is 3.59. The van der Waals surface area contributed by atoms with Gasteiger partial charge in [0.2, 0.25) is 0 Å². The lowest BCUT2D eigenvalue weighted by Gasteiger charge is -2.36. The number of benzene rings is 2. The van der Waals surface area contributed by atoms with E-state index in [2.05, 4.69) is 16.3 Å². The number of aryl methyl sites for hydroxylation is 1. The van der Waals surface area contributed by atoms with Crippen LogP contribution in [0.15, 0.2) is 48.5 Å². The number of halogens is 1. The Morgan fingerprint density at radius 1 is 1.16 bits per heavy atom. The summed E-state index contributed by atoms with van der Waals surface area (Å²) >= 11 is 6.30. The Morgan fingerprint density at radius 2 is 1.88 bits per heavy atom. The highest BCUT2D eigenvalue weighted by Crippen LogP contribution is 2.24. The molecule has 1 fully saturated rings. The van der Waals surface area contributed by atoms with Crippen molar-refractivity contribution >= 4 is 28.9 Å². The summed E-state index contributed by atoms with van der Waals surface area (Å²) in [7, 11) is 0. The van der Waals surface area contributed by atoms with Gasteiger partial charge >= 0.3 is 0 Å². The van der Waals surface area contributed by atoms with Crippen LogP contribution in [0.4, 0.5) is 11.4 Å². The van der Waals surface area contributed by atoms with Gasteiger partial charge in [-0.2, -0.15) is 0 Å². The second-order valence-corrected chi connectivity index (χ2v) is 7.08. The molecule has 0 bridgehead atoms. The molecule has 1 aliphatic heterocycles. The quantitative estimate of drug-likeness (QED) is 0.880. The van der Waals surface area contributed by atoms with Gasteiger partial charge in [0.15, 0.2) is 6.04 Å². The second kappa shape index (κ2) is 7.89. The molecule has 1 heterocycles. The SMILES string of the molecule is Cc1cccc(NC(=O)[C@@H](C)[NH+]2CCN(c3ccccc3Cl)CC2)c1. The van der Waals surface area contributed by atoms with Crippen LogP contribution in [0.25, 0.3) is 0 Å². The third-order valence-electron chi connectivity index (χ3n) is 4.89. The number of piperazine rings is 1. The van der Waals surface area contributed by atoms with Crippen molar-refractivity contribution in [3.63, 3.8) is 0 Å². The van der Waals surface area contributed by atoms with E-state index in [-0.39, 0.29) is 11.9 Å². The van der Waals surface area contributed by atoms with Crippen LogP contribution in [0, 0.1) is 6.92 Å². The van der Waals surface area contributed by atoms with Crippen molar-refractivity contribution in [3.05, 3.63) is 59.1 Å². The topological polar surface area (TPSA) is 36.8 Å². The summed E-state index contributed by atoms with van der Waals surface area (Å²) < 4.78 is 0. The van der Waals surface area contributed by atoms with Crippen molar-refractivity contribution in [1.82, 2.24) is 0 Å². The standard InChI is InChI=1S/C20H24ClN3O/c1-15-6-5-7-17(14-15)22-20(25)16(2)23-10-12-24(13-11-23)19-9-4-3-8-18(19)21/h3-9,14,16H,10-13H2,1-2H3,(H,22,25)/p+1/t16-/m1/s1. The minimum atomic E-state index is -0.0751. The summed E-state index contributed by atoms with van der Waals surface area (Å²) in [5.41, 5.74) is 3.09. The molecule has 2 aromatic rings. The Hall–Kier alpha value is -2.04. The zero-order valence-electron chi connectivity index (χ0n) is 14.8. The Bertz CT molecular complexity index is 741. The predicted octanol–water partition coefficient (Wildman–Crippen LogP) is 2.38. The maximum atomic E-state index is 12.6. The van der Waals surface area contributed by atoms with Gasteiger partial charge in [-0.1, -0.05) is 35.9 Å². The number of carbonyl (C=O) groups excluding carboxylic acids is 1. The average Bonchev–Trinajstić information content (AvgIpc) is 2.62. The van der Waals surface area contributed by atoms with E-state index in [0.29, 0.717) is 0 Å². The van der Waals surface area contributed by atoms with Crippen molar-refractivity contribution in [1.29, 1.82) is 0 Å². The molecule has 1 amide bonds. The van der Waals surface area contributed by atoms with Gasteiger partial charge in [-0.25, -0.2) is 0 Å². The molecule has 0 spiro atoms. The number of hydrogen-bond acceptors (Lipinski definition) is 2. The van der Waals surface area contributed by atoms with Crippen molar-refractivity contribution < 1.29 is 9.69 Å². The van der Waals surface area contributed by atoms with E-state index >= 15 is 0 Å². The average molecular weight is 359 g/mol. The summed E-state index contributed by atoms with van der Waals surface area (Å²) in [5.74, 6) is 0.0757. The molecular weight excluding hydrogens is 334 g/mol. The molecule has 0 radical (unpaired) electrons. The van der Waals surface area contributed by atoms with E-state index in [1.54, 1.807) is 0 Å². The van der Waals surface area contributed by atoms with E-state index in [1.165, 1.54) is 4.90 Å². The molecule has 2 aromatic carbocycles. The van der Waals surface area contributed by atoms with Gasteiger partial charge in [0, 0.05) is 5.69 Å². The zero-order valence-corrected chi connectivity index (χ0v) is 15.5. The molecule has 0 saturated carbocycles. The Labute approximate surface area is 154 Å². The van der Waals surface area contributed by atoms with Crippen molar-refractivity contribution in [3.8, 4) is 0 Å². The smallest absolute Gasteiger partial charge is 0.282 e. The van der Waals surface area contributed by atoms with Crippen LogP contribution in [-0.4, -0.2) is 38.1 Å². The van der Waals surface area contributed by atoms with Crippen LogP contribution >= 0.6 is 11.6 Å². The number of carbonyl (C=O) groups is 1. The van der Waals surface area contributed by atoms with Crippen molar-refractivity contribution in [2.75, 3.05) is 36.4 Å². The lowest BCUT2D eigenvalue weighted by Crippen LogP contribution is -3.19. The molecule has 0 aliphatic carbocycles. The van der Waals surface area contributed by atoms with Gasteiger partial charge in [-0.3, -0.25) is 4.79 Å². The van der Waals surface area contributed by atoms with Crippen molar-refractivity contribution in [2.24, 2.45) is 0 Å². The molecular formula is C20H25ClN3O+. The molecule has 2 N–H and O–H groups in total. The largest absolute Gasteiger partial charge is 0.359 e. The van der Waals surface area contributed by atoms with Crippen LogP contribution < -0.4 is 15.1 Å². The van der Waals surface area contributed by atoms with E-state index in [9.17, 15) is 4.79 Å². The first-order valence-corrected chi connectivity index (χ1v) is 9.14. The van der Waals surface area contributed by atoms with Gasteiger partial charge < -0.3 is 15.1 Å². The number of quaternary nitrogens is 1. The van der Waals surface area contributed by atoms with Crippen LogP contribution in [0.2, 0.25) is 5.02 Å². The van der Waals surface area contributed by atoms with Crippen molar-refractivity contribution in [2.45, 2.75) is 19.9 Å². The molecule has 3 rings (SSSR count). The number of anilines is 2. The summed E-state index contributed by atoms with van der Waals surface area (Å²) in [4.78, 5) is 16.2. The fourth-order valence-electron chi connectivity index (χ4n) is 3.33. The zero-order chi connectivity index (χ0) is 17.8.